The summed E-state index contributed by atoms with van der Waals surface area (Å²) in [4.78, 5) is 27.3. The number of hydrogen-bond acceptors (Lipinski definition) is 4. The molecular formula is C13H19N3O3. The molecule has 19 heavy (non-hydrogen) atoms. The second-order valence-electron chi connectivity index (χ2n) is 4.72. The Labute approximate surface area is 112 Å². The van der Waals surface area contributed by atoms with E-state index in [0.29, 0.717) is 18.8 Å². The summed E-state index contributed by atoms with van der Waals surface area (Å²) in [5.74, 6) is 0.0168. The summed E-state index contributed by atoms with van der Waals surface area (Å²) >= 11 is 0. The lowest BCUT2D eigenvalue weighted by atomic mass is 10.2. The van der Waals surface area contributed by atoms with Crippen molar-refractivity contribution in [1.29, 1.82) is 0 Å². The van der Waals surface area contributed by atoms with Gasteiger partial charge in [-0.25, -0.2) is 0 Å². The van der Waals surface area contributed by atoms with Crippen molar-refractivity contribution in [2.24, 2.45) is 0 Å². The minimum absolute atomic E-state index is 0.0263. The van der Waals surface area contributed by atoms with Gasteiger partial charge in [0.15, 0.2) is 5.76 Å². The lowest BCUT2D eigenvalue weighted by Gasteiger charge is -2.29. The van der Waals surface area contributed by atoms with E-state index in [4.69, 9.17) is 4.42 Å². The Morgan fingerprint density at radius 3 is 2.68 bits per heavy atom. The van der Waals surface area contributed by atoms with Gasteiger partial charge in [-0.15, -0.1) is 0 Å². The van der Waals surface area contributed by atoms with Gasteiger partial charge in [0, 0.05) is 38.8 Å². The van der Waals surface area contributed by atoms with Gasteiger partial charge in [-0.3, -0.25) is 9.59 Å². The third-order valence-corrected chi connectivity index (χ3v) is 3.25. The Balaban J connectivity index is 1.93. The highest BCUT2D eigenvalue weighted by Crippen LogP contribution is 2.11. The molecule has 1 aliphatic rings. The van der Waals surface area contributed by atoms with Crippen LogP contribution in [0.1, 0.15) is 16.1 Å². The monoisotopic (exact) mass is 265 g/mol. The Morgan fingerprint density at radius 2 is 2.11 bits per heavy atom. The first-order chi connectivity index (χ1) is 9.09. The van der Waals surface area contributed by atoms with Crippen LogP contribution in [0.3, 0.4) is 0 Å². The van der Waals surface area contributed by atoms with Crippen LogP contribution in [-0.4, -0.2) is 61.4 Å². The third-order valence-electron chi connectivity index (χ3n) is 3.25. The van der Waals surface area contributed by atoms with Crippen LogP contribution >= 0.6 is 0 Å². The number of hydrogen-bond donors (Lipinski definition) is 1. The van der Waals surface area contributed by atoms with Crippen molar-refractivity contribution in [3.8, 4) is 0 Å². The molecule has 0 atom stereocenters. The predicted octanol–water partition coefficient (Wildman–Crippen LogP) is 0.0918. The molecular weight excluding hydrogens is 246 g/mol. The molecule has 2 amide bonds. The van der Waals surface area contributed by atoms with E-state index in [9.17, 15) is 9.59 Å². The minimum atomic E-state index is -0.258. The van der Waals surface area contributed by atoms with Crippen molar-refractivity contribution in [2.45, 2.75) is 6.92 Å². The van der Waals surface area contributed by atoms with Crippen molar-refractivity contribution in [2.75, 3.05) is 39.8 Å². The minimum Gasteiger partial charge on any atom is -0.459 e. The van der Waals surface area contributed by atoms with Crippen LogP contribution in [0, 0.1) is 6.92 Å². The quantitative estimate of drug-likeness (QED) is 0.841. The van der Waals surface area contributed by atoms with Crippen LogP contribution in [0.4, 0.5) is 0 Å². The van der Waals surface area contributed by atoms with Gasteiger partial charge in [0.1, 0.15) is 0 Å². The fourth-order valence-electron chi connectivity index (χ4n) is 2.05. The molecule has 1 fully saturated rings. The highest BCUT2D eigenvalue weighted by molar-refractivity contribution is 5.95. The molecule has 0 radical (unpaired) electrons. The smallest absolute Gasteiger partial charge is 0.290 e. The van der Waals surface area contributed by atoms with Crippen LogP contribution in [0.2, 0.25) is 0 Å². The molecule has 0 aliphatic carbocycles. The van der Waals surface area contributed by atoms with Crippen molar-refractivity contribution in [3.05, 3.63) is 23.7 Å². The van der Waals surface area contributed by atoms with Gasteiger partial charge in [0.2, 0.25) is 5.91 Å². The number of furan rings is 1. The number of piperazine rings is 1. The topological polar surface area (TPSA) is 65.8 Å². The Morgan fingerprint density at radius 1 is 1.42 bits per heavy atom. The van der Waals surface area contributed by atoms with Gasteiger partial charge < -0.3 is 19.5 Å². The number of amides is 2. The normalized spacial score (nSPS) is 15.4. The Bertz CT molecular complexity index is 463. The number of nitrogens with zero attached hydrogens (tertiary/aromatic N) is 2. The van der Waals surface area contributed by atoms with Gasteiger partial charge in [-0.2, -0.15) is 0 Å². The molecule has 1 saturated heterocycles. The van der Waals surface area contributed by atoms with E-state index in [-0.39, 0.29) is 18.4 Å². The molecule has 104 valence electrons. The standard InChI is InChI=1S/C13H19N3O3/c1-10-3-8-19-12(10)13(18)15(2)9-11(17)16-6-4-14-5-7-16/h3,8,14H,4-7,9H2,1-2H3. The summed E-state index contributed by atoms with van der Waals surface area (Å²) in [6.45, 7) is 4.89. The second kappa shape index (κ2) is 5.88. The molecule has 2 heterocycles. The maximum absolute atomic E-state index is 12.1. The number of rotatable bonds is 3. The molecule has 6 heteroatoms. The first-order valence-electron chi connectivity index (χ1n) is 6.37. The highest BCUT2D eigenvalue weighted by atomic mass is 16.3. The maximum atomic E-state index is 12.1. The Hall–Kier alpha value is -1.82. The van der Waals surface area contributed by atoms with Gasteiger partial charge >= 0.3 is 0 Å². The lowest BCUT2D eigenvalue weighted by Crippen LogP contribution is -2.49. The molecule has 0 aromatic carbocycles. The summed E-state index contributed by atoms with van der Waals surface area (Å²) < 4.78 is 5.15. The summed E-state index contributed by atoms with van der Waals surface area (Å²) in [5.41, 5.74) is 0.784. The van der Waals surface area contributed by atoms with E-state index in [1.165, 1.54) is 11.2 Å². The largest absolute Gasteiger partial charge is 0.459 e. The molecule has 0 unspecified atom stereocenters. The highest BCUT2D eigenvalue weighted by Gasteiger charge is 2.22. The molecule has 1 aromatic rings. The zero-order valence-corrected chi connectivity index (χ0v) is 11.3. The molecule has 0 saturated carbocycles. The van der Waals surface area contributed by atoms with Crippen molar-refractivity contribution < 1.29 is 14.0 Å². The molecule has 6 nitrogen and oxygen atoms in total. The van der Waals surface area contributed by atoms with Crippen LogP contribution < -0.4 is 5.32 Å². The van der Waals surface area contributed by atoms with Gasteiger partial charge in [0.25, 0.3) is 5.91 Å². The van der Waals surface area contributed by atoms with Crippen LogP contribution in [0.5, 0.6) is 0 Å². The first-order valence-corrected chi connectivity index (χ1v) is 6.37. The SMILES string of the molecule is Cc1ccoc1C(=O)N(C)CC(=O)N1CCNCC1. The van der Waals surface area contributed by atoms with Crippen molar-refractivity contribution in [3.63, 3.8) is 0 Å². The number of carbonyl (C=O) groups excluding carboxylic acids is 2. The predicted molar refractivity (Wildman–Crippen MR) is 69.9 cm³/mol. The van der Waals surface area contributed by atoms with Crippen molar-refractivity contribution in [1.82, 2.24) is 15.1 Å². The van der Waals surface area contributed by atoms with Crippen LogP contribution in [0.25, 0.3) is 0 Å². The molecule has 1 aromatic heterocycles. The van der Waals surface area contributed by atoms with E-state index in [0.717, 1.165) is 18.7 Å². The van der Waals surface area contributed by atoms with E-state index < -0.39 is 0 Å². The van der Waals surface area contributed by atoms with E-state index in [1.807, 2.05) is 6.92 Å². The van der Waals surface area contributed by atoms with Gasteiger partial charge in [0.05, 0.1) is 12.8 Å². The van der Waals surface area contributed by atoms with Crippen molar-refractivity contribution >= 4 is 11.8 Å². The summed E-state index contributed by atoms with van der Waals surface area (Å²) in [5, 5.41) is 3.19. The maximum Gasteiger partial charge on any atom is 0.290 e. The van der Waals surface area contributed by atoms with E-state index >= 15 is 0 Å². The first kappa shape index (κ1) is 13.6. The fourth-order valence-corrected chi connectivity index (χ4v) is 2.05. The summed E-state index contributed by atoms with van der Waals surface area (Å²) in [6.07, 6.45) is 1.48. The number of likely N-dealkylation sites (N-methyl/N-ethyl adjacent to an activating group) is 1. The average Bonchev–Trinajstić information content (AvgIpc) is 2.85. The fraction of sp³-hybridized carbons (Fsp3) is 0.538. The number of carbonyl (C=O) groups is 2. The number of nitrogens with one attached hydrogen (secondary N) is 1. The molecule has 1 N–H and O–H groups in total. The average molecular weight is 265 g/mol. The Kier molecular flexibility index (Phi) is 4.21. The summed E-state index contributed by atoms with van der Waals surface area (Å²) in [6, 6.07) is 1.74. The lowest BCUT2D eigenvalue weighted by molar-refractivity contribution is -0.132. The van der Waals surface area contributed by atoms with E-state index in [2.05, 4.69) is 5.32 Å². The van der Waals surface area contributed by atoms with Gasteiger partial charge in [-0.05, 0) is 13.0 Å². The molecule has 1 aliphatic heterocycles. The zero-order chi connectivity index (χ0) is 13.8. The summed E-state index contributed by atoms with van der Waals surface area (Å²) in [7, 11) is 1.62. The zero-order valence-electron chi connectivity index (χ0n) is 11.3. The van der Waals surface area contributed by atoms with E-state index in [1.54, 1.807) is 18.0 Å². The van der Waals surface area contributed by atoms with Crippen LogP contribution in [-0.2, 0) is 4.79 Å². The third kappa shape index (κ3) is 3.14. The van der Waals surface area contributed by atoms with Crippen LogP contribution in [0.15, 0.2) is 16.7 Å². The van der Waals surface area contributed by atoms with Gasteiger partial charge in [-0.1, -0.05) is 0 Å². The molecule has 0 spiro atoms. The molecule has 2 rings (SSSR count). The number of aryl methyl sites for hydroxylation is 1. The second-order valence-corrected chi connectivity index (χ2v) is 4.72. The molecule has 0 bridgehead atoms.